The van der Waals surface area contributed by atoms with E-state index in [1.807, 2.05) is 0 Å². The molecule has 0 N–H and O–H groups in total. The van der Waals surface area contributed by atoms with E-state index >= 15 is 0 Å². The van der Waals surface area contributed by atoms with E-state index < -0.39 is 0 Å². The summed E-state index contributed by atoms with van der Waals surface area (Å²) >= 11 is 0. The summed E-state index contributed by atoms with van der Waals surface area (Å²) in [6, 6.07) is 1.63. The standard InChI is InChI=1S/C15H13FN2O/c1-9(19)6-12-11-2-3-15(11)18-7-13(12)10-4-5-17-8-14(10)16/h4-5,7-8H,2-3,6H2,1H3. The van der Waals surface area contributed by atoms with Crippen molar-refractivity contribution in [3.05, 3.63) is 47.3 Å². The van der Waals surface area contributed by atoms with Crippen molar-refractivity contribution in [2.45, 2.75) is 26.2 Å². The molecule has 1 aliphatic carbocycles. The Balaban J connectivity index is 2.19. The van der Waals surface area contributed by atoms with Gasteiger partial charge < -0.3 is 0 Å². The van der Waals surface area contributed by atoms with Crippen molar-refractivity contribution in [1.82, 2.24) is 9.97 Å². The van der Waals surface area contributed by atoms with Crippen molar-refractivity contribution in [1.29, 1.82) is 0 Å². The maximum absolute atomic E-state index is 13.9. The number of pyridine rings is 2. The molecule has 3 rings (SSSR count). The Labute approximate surface area is 110 Å². The average Bonchev–Trinajstić information content (AvgIpc) is 2.32. The molecule has 3 nitrogen and oxygen atoms in total. The van der Waals surface area contributed by atoms with E-state index in [2.05, 4.69) is 9.97 Å². The van der Waals surface area contributed by atoms with E-state index in [-0.39, 0.29) is 11.6 Å². The van der Waals surface area contributed by atoms with Crippen LogP contribution in [0.5, 0.6) is 0 Å². The molecule has 2 heterocycles. The van der Waals surface area contributed by atoms with Crippen molar-refractivity contribution in [2.75, 3.05) is 0 Å². The van der Waals surface area contributed by atoms with E-state index in [0.717, 1.165) is 29.7 Å². The Kier molecular flexibility index (Phi) is 2.85. The molecule has 96 valence electrons. The maximum Gasteiger partial charge on any atom is 0.149 e. The van der Waals surface area contributed by atoms with Gasteiger partial charge in [0.15, 0.2) is 0 Å². The lowest BCUT2D eigenvalue weighted by Gasteiger charge is -2.23. The molecule has 2 aromatic heterocycles. The Hall–Kier alpha value is -2.10. The Bertz CT molecular complexity index is 667. The summed E-state index contributed by atoms with van der Waals surface area (Å²) in [4.78, 5) is 19.5. The van der Waals surface area contributed by atoms with Crippen molar-refractivity contribution in [2.24, 2.45) is 0 Å². The Morgan fingerprint density at radius 3 is 2.79 bits per heavy atom. The fourth-order valence-electron chi connectivity index (χ4n) is 2.49. The number of carbonyl (C=O) groups excluding carboxylic acids is 1. The largest absolute Gasteiger partial charge is 0.300 e. The first-order chi connectivity index (χ1) is 9.16. The highest BCUT2D eigenvalue weighted by Gasteiger charge is 2.23. The van der Waals surface area contributed by atoms with E-state index in [1.165, 1.54) is 6.20 Å². The molecular weight excluding hydrogens is 243 g/mol. The zero-order chi connectivity index (χ0) is 13.4. The first-order valence-corrected chi connectivity index (χ1v) is 6.25. The van der Waals surface area contributed by atoms with Gasteiger partial charge in [0.05, 0.1) is 6.20 Å². The predicted octanol–water partition coefficient (Wildman–Crippen LogP) is 2.51. The summed E-state index contributed by atoms with van der Waals surface area (Å²) in [7, 11) is 0. The van der Waals surface area contributed by atoms with E-state index in [0.29, 0.717) is 17.5 Å². The van der Waals surface area contributed by atoms with E-state index in [9.17, 15) is 9.18 Å². The lowest BCUT2D eigenvalue weighted by atomic mass is 9.84. The van der Waals surface area contributed by atoms with Gasteiger partial charge in [-0.1, -0.05) is 0 Å². The van der Waals surface area contributed by atoms with Gasteiger partial charge in [0.1, 0.15) is 11.6 Å². The summed E-state index contributed by atoms with van der Waals surface area (Å²) in [6.07, 6.45) is 6.61. The van der Waals surface area contributed by atoms with Gasteiger partial charge in [0, 0.05) is 35.6 Å². The van der Waals surface area contributed by atoms with Crippen LogP contribution in [0.25, 0.3) is 11.1 Å². The third kappa shape index (κ3) is 2.03. The second-order valence-corrected chi connectivity index (χ2v) is 4.81. The summed E-state index contributed by atoms with van der Waals surface area (Å²) in [6.45, 7) is 1.55. The van der Waals surface area contributed by atoms with Crippen LogP contribution < -0.4 is 0 Å². The molecule has 1 aliphatic rings. The van der Waals surface area contributed by atoms with Gasteiger partial charge in [0.2, 0.25) is 0 Å². The molecule has 0 amide bonds. The number of rotatable bonds is 3. The van der Waals surface area contributed by atoms with Gasteiger partial charge in [-0.3, -0.25) is 14.8 Å². The third-order valence-corrected chi connectivity index (χ3v) is 3.49. The number of nitrogens with zero attached hydrogens (tertiary/aromatic N) is 2. The minimum Gasteiger partial charge on any atom is -0.300 e. The van der Waals surface area contributed by atoms with Crippen LogP contribution in [0.15, 0.2) is 24.7 Å². The highest BCUT2D eigenvalue weighted by atomic mass is 19.1. The molecule has 0 bridgehead atoms. The van der Waals surface area contributed by atoms with Crippen molar-refractivity contribution >= 4 is 5.78 Å². The average molecular weight is 256 g/mol. The maximum atomic E-state index is 13.9. The van der Waals surface area contributed by atoms with Gasteiger partial charge in [-0.25, -0.2) is 4.39 Å². The van der Waals surface area contributed by atoms with Gasteiger partial charge in [-0.05, 0) is 37.0 Å². The first-order valence-electron chi connectivity index (χ1n) is 6.25. The second-order valence-electron chi connectivity index (χ2n) is 4.81. The van der Waals surface area contributed by atoms with Gasteiger partial charge >= 0.3 is 0 Å². The van der Waals surface area contributed by atoms with Crippen LogP contribution in [-0.4, -0.2) is 15.8 Å². The first kappa shape index (κ1) is 12.0. The minimum atomic E-state index is -0.381. The smallest absolute Gasteiger partial charge is 0.149 e. The van der Waals surface area contributed by atoms with Crippen LogP contribution in [0.4, 0.5) is 4.39 Å². The number of hydrogen-bond donors (Lipinski definition) is 0. The van der Waals surface area contributed by atoms with E-state index in [4.69, 9.17) is 0 Å². The van der Waals surface area contributed by atoms with Crippen LogP contribution in [0, 0.1) is 5.82 Å². The van der Waals surface area contributed by atoms with Gasteiger partial charge in [-0.15, -0.1) is 0 Å². The van der Waals surface area contributed by atoms with Crippen LogP contribution in [0.1, 0.15) is 23.7 Å². The molecule has 19 heavy (non-hydrogen) atoms. The lowest BCUT2D eigenvalue weighted by Crippen LogP contribution is -2.17. The molecule has 0 unspecified atom stereocenters. The fourth-order valence-corrected chi connectivity index (χ4v) is 2.49. The second kappa shape index (κ2) is 4.53. The normalized spacial score (nSPS) is 12.7. The van der Waals surface area contributed by atoms with Crippen LogP contribution in [0.3, 0.4) is 0 Å². The molecule has 0 saturated heterocycles. The number of carbonyl (C=O) groups is 1. The number of fused-ring (bicyclic) bond motifs is 1. The van der Waals surface area contributed by atoms with Crippen LogP contribution in [0.2, 0.25) is 0 Å². The monoisotopic (exact) mass is 256 g/mol. The highest BCUT2D eigenvalue weighted by molar-refractivity contribution is 5.82. The number of hydrogen-bond acceptors (Lipinski definition) is 3. The Morgan fingerprint density at radius 2 is 2.16 bits per heavy atom. The predicted molar refractivity (Wildman–Crippen MR) is 69.2 cm³/mol. The molecule has 0 radical (unpaired) electrons. The van der Waals surface area contributed by atoms with Crippen molar-refractivity contribution in [3.8, 4) is 11.1 Å². The molecule has 4 heteroatoms. The highest BCUT2D eigenvalue weighted by Crippen LogP contribution is 2.34. The van der Waals surface area contributed by atoms with Gasteiger partial charge in [0.25, 0.3) is 0 Å². The molecule has 2 aromatic rings. The molecular formula is C15H13FN2O. The zero-order valence-electron chi connectivity index (χ0n) is 10.6. The van der Waals surface area contributed by atoms with E-state index in [1.54, 1.807) is 25.4 Å². The number of ketones is 1. The van der Waals surface area contributed by atoms with Crippen LogP contribution >= 0.6 is 0 Å². The van der Waals surface area contributed by atoms with Crippen molar-refractivity contribution in [3.63, 3.8) is 0 Å². The summed E-state index contributed by atoms with van der Waals surface area (Å²) in [5.74, 6) is -0.301. The van der Waals surface area contributed by atoms with Crippen molar-refractivity contribution < 1.29 is 9.18 Å². The number of aromatic nitrogens is 2. The topological polar surface area (TPSA) is 42.9 Å². The number of aryl methyl sites for hydroxylation is 1. The minimum absolute atomic E-state index is 0.0796. The molecule has 0 spiro atoms. The van der Waals surface area contributed by atoms with Crippen LogP contribution in [-0.2, 0) is 24.1 Å². The van der Waals surface area contributed by atoms with Gasteiger partial charge in [-0.2, -0.15) is 0 Å². The molecule has 0 aliphatic heterocycles. The number of Topliss-reactive ketones (excluding diaryl/α,β-unsaturated/α-hetero) is 1. The summed E-state index contributed by atoms with van der Waals surface area (Å²) in [5.41, 5.74) is 4.26. The SMILES string of the molecule is CC(=O)Cc1c(-c2ccncc2F)cnc2c1CC2. The third-order valence-electron chi connectivity index (χ3n) is 3.49. The zero-order valence-corrected chi connectivity index (χ0v) is 10.6. The Morgan fingerprint density at radius 1 is 1.32 bits per heavy atom. The summed E-state index contributed by atoms with van der Waals surface area (Å²) < 4.78 is 13.9. The molecule has 0 atom stereocenters. The lowest BCUT2D eigenvalue weighted by molar-refractivity contribution is -0.116. The number of halogens is 1. The molecule has 0 fully saturated rings. The quantitative estimate of drug-likeness (QED) is 0.847. The fraction of sp³-hybridized carbons (Fsp3) is 0.267. The molecule has 0 aromatic carbocycles. The molecule has 0 saturated carbocycles. The summed E-state index contributed by atoms with van der Waals surface area (Å²) in [5, 5.41) is 0.